The van der Waals surface area contributed by atoms with Gasteiger partial charge in [0.05, 0.1) is 16.3 Å². The summed E-state index contributed by atoms with van der Waals surface area (Å²) in [5, 5.41) is 14.6. The normalized spacial score (nSPS) is 10.3. The Morgan fingerprint density at radius 2 is 2.00 bits per heavy atom. The molecule has 21 heavy (non-hydrogen) atoms. The molecule has 0 aliphatic carbocycles. The van der Waals surface area contributed by atoms with Crippen LogP contribution in [-0.4, -0.2) is 22.0 Å². The molecule has 0 spiro atoms. The summed E-state index contributed by atoms with van der Waals surface area (Å²) in [6, 6.07) is 6.11. The predicted molar refractivity (Wildman–Crippen MR) is 81.8 cm³/mol. The number of carbonyl (C=O) groups excluding carboxylic acids is 1. The van der Waals surface area contributed by atoms with Crippen LogP contribution in [0, 0.1) is 6.92 Å². The zero-order valence-corrected chi connectivity index (χ0v) is 12.4. The van der Waals surface area contributed by atoms with Crippen molar-refractivity contribution in [1.29, 1.82) is 0 Å². The van der Waals surface area contributed by atoms with Gasteiger partial charge in [-0.2, -0.15) is 0 Å². The van der Waals surface area contributed by atoms with Crippen LogP contribution in [0.15, 0.2) is 29.6 Å². The summed E-state index contributed by atoms with van der Waals surface area (Å²) < 4.78 is 0. The molecule has 6 heteroatoms. The molecule has 0 atom stereocenters. The van der Waals surface area contributed by atoms with Crippen molar-refractivity contribution in [2.24, 2.45) is 0 Å². The van der Waals surface area contributed by atoms with E-state index in [2.05, 4.69) is 10.3 Å². The molecule has 1 aromatic heterocycles. The third-order valence-electron chi connectivity index (χ3n) is 2.92. The minimum Gasteiger partial charge on any atom is -0.478 e. The minimum absolute atomic E-state index is 0.0787. The molecule has 0 radical (unpaired) electrons. The topological polar surface area (TPSA) is 79.3 Å². The molecule has 0 unspecified atom stereocenters. The first-order chi connectivity index (χ1) is 10.0. The number of aromatic nitrogens is 1. The van der Waals surface area contributed by atoms with Gasteiger partial charge in [0.1, 0.15) is 0 Å². The van der Waals surface area contributed by atoms with Crippen LogP contribution in [0.3, 0.4) is 0 Å². The molecular formula is C15H16N2O3S. The molecule has 5 nitrogen and oxygen atoms in total. The maximum atomic E-state index is 11.8. The van der Waals surface area contributed by atoms with Crippen LogP contribution in [-0.2, 0) is 11.2 Å². The second kappa shape index (κ2) is 6.99. The van der Waals surface area contributed by atoms with Gasteiger partial charge in [0.15, 0.2) is 0 Å². The van der Waals surface area contributed by atoms with E-state index < -0.39 is 5.97 Å². The lowest BCUT2D eigenvalue weighted by atomic mass is 10.2. The van der Waals surface area contributed by atoms with Gasteiger partial charge in [-0.25, -0.2) is 9.78 Å². The van der Waals surface area contributed by atoms with Gasteiger partial charge in [-0.15, -0.1) is 11.3 Å². The highest BCUT2D eigenvalue weighted by molar-refractivity contribution is 7.09. The fourth-order valence-corrected chi connectivity index (χ4v) is 2.52. The van der Waals surface area contributed by atoms with Gasteiger partial charge in [-0.3, -0.25) is 4.79 Å². The Balaban J connectivity index is 1.77. The Kier molecular flexibility index (Phi) is 5.05. The second-order valence-corrected chi connectivity index (χ2v) is 5.70. The van der Waals surface area contributed by atoms with Gasteiger partial charge in [0.25, 0.3) is 0 Å². The number of rotatable bonds is 6. The molecule has 0 saturated carbocycles. The lowest BCUT2D eigenvalue weighted by Crippen LogP contribution is -2.11. The van der Waals surface area contributed by atoms with E-state index in [1.807, 2.05) is 12.3 Å². The zero-order valence-electron chi connectivity index (χ0n) is 11.6. The van der Waals surface area contributed by atoms with Gasteiger partial charge in [0.2, 0.25) is 5.91 Å². The molecule has 0 aliphatic heterocycles. The number of benzene rings is 1. The molecule has 1 amide bonds. The number of aryl methyl sites for hydroxylation is 2. The molecular weight excluding hydrogens is 288 g/mol. The van der Waals surface area contributed by atoms with Crippen molar-refractivity contribution in [2.75, 3.05) is 5.32 Å². The van der Waals surface area contributed by atoms with Gasteiger partial charge in [0, 0.05) is 17.5 Å². The monoisotopic (exact) mass is 304 g/mol. The summed E-state index contributed by atoms with van der Waals surface area (Å²) in [5.41, 5.74) is 1.83. The average Bonchev–Trinajstić information content (AvgIpc) is 2.85. The largest absolute Gasteiger partial charge is 0.478 e. The smallest absolute Gasteiger partial charge is 0.335 e. The van der Waals surface area contributed by atoms with E-state index in [1.54, 1.807) is 23.5 Å². The number of thiazole rings is 1. The number of carboxylic acid groups (broad SMARTS) is 1. The van der Waals surface area contributed by atoms with Crippen LogP contribution < -0.4 is 5.32 Å². The Bertz CT molecular complexity index is 635. The van der Waals surface area contributed by atoms with Crippen molar-refractivity contribution < 1.29 is 14.7 Å². The first-order valence-corrected chi connectivity index (χ1v) is 7.47. The number of aromatic carboxylic acids is 1. The fourth-order valence-electron chi connectivity index (χ4n) is 1.87. The first-order valence-electron chi connectivity index (χ1n) is 6.59. The molecule has 0 fully saturated rings. The van der Waals surface area contributed by atoms with E-state index >= 15 is 0 Å². The molecule has 110 valence electrons. The highest BCUT2D eigenvalue weighted by atomic mass is 32.1. The summed E-state index contributed by atoms with van der Waals surface area (Å²) in [4.78, 5) is 26.9. The molecule has 2 rings (SSSR count). The molecule has 1 aromatic carbocycles. The van der Waals surface area contributed by atoms with Crippen molar-refractivity contribution in [2.45, 2.75) is 26.2 Å². The molecule has 2 aromatic rings. The summed E-state index contributed by atoms with van der Waals surface area (Å²) in [6.07, 6.45) is 1.94. The van der Waals surface area contributed by atoms with Crippen LogP contribution in [0.5, 0.6) is 0 Å². The van der Waals surface area contributed by atoms with Crippen LogP contribution in [0.2, 0.25) is 0 Å². The quantitative estimate of drug-likeness (QED) is 0.859. The third-order valence-corrected chi connectivity index (χ3v) is 3.74. The molecule has 0 saturated heterocycles. The Morgan fingerprint density at radius 3 is 2.57 bits per heavy atom. The average molecular weight is 304 g/mol. The number of anilines is 1. The van der Waals surface area contributed by atoms with Crippen molar-refractivity contribution >= 4 is 28.9 Å². The maximum Gasteiger partial charge on any atom is 0.335 e. The van der Waals surface area contributed by atoms with Crippen molar-refractivity contribution in [3.8, 4) is 0 Å². The highest BCUT2D eigenvalue weighted by Gasteiger charge is 2.06. The van der Waals surface area contributed by atoms with Crippen molar-refractivity contribution in [3.05, 3.63) is 45.9 Å². The first kappa shape index (κ1) is 15.2. The van der Waals surface area contributed by atoms with Crippen LogP contribution in [0.4, 0.5) is 5.69 Å². The number of nitrogens with zero attached hydrogens (tertiary/aromatic N) is 1. The van der Waals surface area contributed by atoms with Gasteiger partial charge < -0.3 is 10.4 Å². The molecule has 0 aliphatic rings. The van der Waals surface area contributed by atoms with Gasteiger partial charge in [-0.05, 0) is 44.0 Å². The number of nitrogens with one attached hydrogen (secondary N) is 1. The Labute approximate surface area is 126 Å². The standard InChI is InChI=1S/C15H16N2O3S/c1-10-16-13(9-21-10)3-2-4-14(18)17-12-7-5-11(6-8-12)15(19)20/h5-9H,2-4H2,1H3,(H,17,18)(H,19,20). The van der Waals surface area contributed by atoms with E-state index in [0.29, 0.717) is 12.1 Å². The van der Waals surface area contributed by atoms with Crippen molar-refractivity contribution in [1.82, 2.24) is 4.98 Å². The number of hydrogen-bond donors (Lipinski definition) is 2. The van der Waals surface area contributed by atoms with E-state index in [9.17, 15) is 9.59 Å². The van der Waals surface area contributed by atoms with Crippen molar-refractivity contribution in [3.63, 3.8) is 0 Å². The highest BCUT2D eigenvalue weighted by Crippen LogP contribution is 2.12. The SMILES string of the molecule is Cc1nc(CCCC(=O)Nc2ccc(C(=O)O)cc2)cs1. The van der Waals surface area contributed by atoms with Crippen LogP contribution >= 0.6 is 11.3 Å². The van der Waals surface area contributed by atoms with Crippen LogP contribution in [0.25, 0.3) is 0 Å². The molecule has 2 N–H and O–H groups in total. The number of carbonyl (C=O) groups is 2. The second-order valence-electron chi connectivity index (χ2n) is 4.64. The molecule has 0 bridgehead atoms. The predicted octanol–water partition coefficient (Wildman–Crippen LogP) is 3.11. The van der Waals surface area contributed by atoms with E-state index in [1.165, 1.54) is 12.1 Å². The molecule has 1 heterocycles. The lowest BCUT2D eigenvalue weighted by Gasteiger charge is -2.05. The fraction of sp³-hybridized carbons (Fsp3) is 0.267. The van der Waals surface area contributed by atoms with E-state index in [-0.39, 0.29) is 11.5 Å². The maximum absolute atomic E-state index is 11.8. The lowest BCUT2D eigenvalue weighted by molar-refractivity contribution is -0.116. The summed E-state index contributed by atoms with van der Waals surface area (Å²) in [7, 11) is 0. The number of carboxylic acids is 1. The number of hydrogen-bond acceptors (Lipinski definition) is 4. The van der Waals surface area contributed by atoms with Gasteiger partial charge >= 0.3 is 5.97 Å². The third kappa shape index (κ3) is 4.68. The minimum atomic E-state index is -0.980. The summed E-state index contributed by atoms with van der Waals surface area (Å²) >= 11 is 1.61. The Hall–Kier alpha value is -2.21. The van der Waals surface area contributed by atoms with Crippen LogP contribution in [0.1, 0.15) is 33.9 Å². The van der Waals surface area contributed by atoms with E-state index in [0.717, 1.165) is 23.5 Å². The zero-order chi connectivity index (χ0) is 15.2. The van der Waals surface area contributed by atoms with E-state index in [4.69, 9.17) is 5.11 Å². The summed E-state index contributed by atoms with van der Waals surface area (Å²) in [6.45, 7) is 1.96. The summed E-state index contributed by atoms with van der Waals surface area (Å²) in [5.74, 6) is -1.06. The number of amides is 1. The Morgan fingerprint density at radius 1 is 1.29 bits per heavy atom. The van der Waals surface area contributed by atoms with Gasteiger partial charge in [-0.1, -0.05) is 0 Å².